The minimum atomic E-state index is 0.119. The molecule has 0 aliphatic carbocycles. The van der Waals surface area contributed by atoms with Crippen molar-refractivity contribution in [2.45, 2.75) is 25.8 Å². The summed E-state index contributed by atoms with van der Waals surface area (Å²) in [5.74, 6) is 0.876. The summed E-state index contributed by atoms with van der Waals surface area (Å²) in [5, 5.41) is 3.29. The standard InChI is InChI=1S/C12H18BrNO/c1-12(2,14-3)8-9-5-6-11(15-4)10(13)7-9/h5-7,14H,8H2,1-4H3. The molecular formula is C12H18BrNO. The summed E-state index contributed by atoms with van der Waals surface area (Å²) >= 11 is 3.49. The van der Waals surface area contributed by atoms with Crippen LogP contribution in [0.5, 0.6) is 5.75 Å². The SMILES string of the molecule is CNC(C)(C)Cc1ccc(OC)c(Br)c1. The van der Waals surface area contributed by atoms with Gasteiger partial charge in [0.2, 0.25) is 0 Å². The van der Waals surface area contributed by atoms with Gasteiger partial charge in [0.15, 0.2) is 0 Å². The smallest absolute Gasteiger partial charge is 0.133 e. The topological polar surface area (TPSA) is 21.3 Å². The number of hydrogen-bond donors (Lipinski definition) is 1. The van der Waals surface area contributed by atoms with Crippen molar-refractivity contribution in [3.8, 4) is 5.75 Å². The first-order chi connectivity index (χ1) is 6.98. The molecule has 0 amide bonds. The number of likely N-dealkylation sites (N-methyl/N-ethyl adjacent to an activating group) is 1. The first-order valence-corrected chi connectivity index (χ1v) is 5.79. The van der Waals surface area contributed by atoms with Gasteiger partial charge < -0.3 is 10.1 Å². The number of nitrogens with one attached hydrogen (secondary N) is 1. The largest absolute Gasteiger partial charge is 0.496 e. The molecule has 0 heterocycles. The van der Waals surface area contributed by atoms with Crippen LogP contribution in [0.15, 0.2) is 22.7 Å². The third kappa shape index (κ3) is 3.50. The van der Waals surface area contributed by atoms with Crippen LogP contribution in [0, 0.1) is 0 Å². The highest BCUT2D eigenvalue weighted by Crippen LogP contribution is 2.26. The fraction of sp³-hybridized carbons (Fsp3) is 0.500. The first kappa shape index (κ1) is 12.5. The van der Waals surface area contributed by atoms with Crippen LogP contribution in [-0.4, -0.2) is 19.7 Å². The van der Waals surface area contributed by atoms with Crippen LogP contribution in [0.1, 0.15) is 19.4 Å². The lowest BCUT2D eigenvalue weighted by Crippen LogP contribution is -2.38. The van der Waals surface area contributed by atoms with Crippen LogP contribution in [0.3, 0.4) is 0 Å². The van der Waals surface area contributed by atoms with Crippen LogP contribution in [0.2, 0.25) is 0 Å². The van der Waals surface area contributed by atoms with Gasteiger partial charge in [0.05, 0.1) is 11.6 Å². The summed E-state index contributed by atoms with van der Waals surface area (Å²) in [6, 6.07) is 6.20. The molecule has 1 rings (SSSR count). The molecule has 0 saturated carbocycles. The molecule has 0 atom stereocenters. The number of hydrogen-bond acceptors (Lipinski definition) is 2. The molecule has 15 heavy (non-hydrogen) atoms. The van der Waals surface area contributed by atoms with E-state index in [1.807, 2.05) is 13.1 Å². The summed E-state index contributed by atoms with van der Waals surface area (Å²) < 4.78 is 6.20. The van der Waals surface area contributed by atoms with Crippen molar-refractivity contribution in [1.82, 2.24) is 5.32 Å². The molecule has 0 spiro atoms. The van der Waals surface area contributed by atoms with Crippen LogP contribution < -0.4 is 10.1 Å². The molecule has 0 radical (unpaired) electrons. The maximum absolute atomic E-state index is 5.19. The Kier molecular flexibility index (Phi) is 4.17. The molecule has 1 N–H and O–H groups in total. The lowest BCUT2D eigenvalue weighted by molar-refractivity contribution is 0.409. The summed E-state index contributed by atoms with van der Waals surface area (Å²) in [4.78, 5) is 0. The van der Waals surface area contributed by atoms with Gasteiger partial charge in [0.1, 0.15) is 5.75 Å². The van der Waals surface area contributed by atoms with Gasteiger partial charge in [-0.05, 0) is 60.9 Å². The Hall–Kier alpha value is -0.540. The van der Waals surface area contributed by atoms with Gasteiger partial charge in [-0.3, -0.25) is 0 Å². The number of benzene rings is 1. The van der Waals surface area contributed by atoms with Gasteiger partial charge in [-0.25, -0.2) is 0 Å². The van der Waals surface area contributed by atoms with Crippen molar-refractivity contribution in [3.05, 3.63) is 28.2 Å². The van der Waals surface area contributed by atoms with Crippen molar-refractivity contribution < 1.29 is 4.74 Å². The monoisotopic (exact) mass is 271 g/mol. The third-order valence-electron chi connectivity index (χ3n) is 2.54. The van der Waals surface area contributed by atoms with Crippen LogP contribution in [-0.2, 0) is 6.42 Å². The number of ether oxygens (including phenoxy) is 1. The molecule has 0 fully saturated rings. The minimum Gasteiger partial charge on any atom is -0.496 e. The predicted octanol–water partition coefficient (Wildman–Crippen LogP) is 3.00. The molecule has 1 aromatic rings. The summed E-state index contributed by atoms with van der Waals surface area (Å²) in [6.07, 6.45) is 0.992. The molecule has 3 heteroatoms. The second-order valence-electron chi connectivity index (χ2n) is 4.28. The molecular weight excluding hydrogens is 254 g/mol. The zero-order valence-corrected chi connectivity index (χ0v) is 11.3. The van der Waals surface area contributed by atoms with Crippen molar-refractivity contribution >= 4 is 15.9 Å². The maximum atomic E-state index is 5.19. The average Bonchev–Trinajstić information content (AvgIpc) is 2.17. The zero-order valence-electron chi connectivity index (χ0n) is 9.73. The quantitative estimate of drug-likeness (QED) is 0.909. The second-order valence-corrected chi connectivity index (χ2v) is 5.13. The highest BCUT2D eigenvalue weighted by atomic mass is 79.9. The Labute approximate surface area is 100 Å². The van der Waals surface area contributed by atoms with Crippen LogP contribution in [0.4, 0.5) is 0 Å². The van der Waals surface area contributed by atoms with Crippen molar-refractivity contribution in [2.24, 2.45) is 0 Å². The van der Waals surface area contributed by atoms with Gasteiger partial charge in [-0.2, -0.15) is 0 Å². The van der Waals surface area contributed by atoms with E-state index in [1.54, 1.807) is 7.11 Å². The van der Waals surface area contributed by atoms with E-state index in [2.05, 4.69) is 47.2 Å². The van der Waals surface area contributed by atoms with E-state index >= 15 is 0 Å². The van der Waals surface area contributed by atoms with Gasteiger partial charge in [0.25, 0.3) is 0 Å². The van der Waals surface area contributed by atoms with E-state index in [0.717, 1.165) is 16.6 Å². The normalized spacial score (nSPS) is 11.5. The molecule has 84 valence electrons. The highest BCUT2D eigenvalue weighted by Gasteiger charge is 2.15. The molecule has 2 nitrogen and oxygen atoms in total. The molecule has 0 aromatic heterocycles. The van der Waals surface area contributed by atoms with Gasteiger partial charge in [0, 0.05) is 5.54 Å². The average molecular weight is 272 g/mol. The second kappa shape index (κ2) is 4.99. The fourth-order valence-electron chi connectivity index (χ4n) is 1.42. The van der Waals surface area contributed by atoms with E-state index in [9.17, 15) is 0 Å². The van der Waals surface area contributed by atoms with Crippen molar-refractivity contribution in [2.75, 3.05) is 14.2 Å². The number of methoxy groups -OCH3 is 1. The molecule has 0 unspecified atom stereocenters. The molecule has 0 bridgehead atoms. The highest BCUT2D eigenvalue weighted by molar-refractivity contribution is 9.10. The lowest BCUT2D eigenvalue weighted by atomic mass is 9.95. The first-order valence-electron chi connectivity index (χ1n) is 5.00. The zero-order chi connectivity index (χ0) is 11.5. The number of halogens is 1. The van der Waals surface area contributed by atoms with E-state index in [-0.39, 0.29) is 5.54 Å². The molecule has 1 aromatic carbocycles. The fourth-order valence-corrected chi connectivity index (χ4v) is 2.01. The van der Waals surface area contributed by atoms with Crippen LogP contribution in [0.25, 0.3) is 0 Å². The van der Waals surface area contributed by atoms with Crippen LogP contribution >= 0.6 is 15.9 Å². The molecule has 0 aliphatic rings. The Bertz CT molecular complexity index is 336. The number of rotatable bonds is 4. The van der Waals surface area contributed by atoms with Gasteiger partial charge in [-0.1, -0.05) is 6.07 Å². The Morgan fingerprint density at radius 3 is 2.53 bits per heavy atom. The van der Waals surface area contributed by atoms with Gasteiger partial charge >= 0.3 is 0 Å². The Morgan fingerprint density at radius 2 is 2.07 bits per heavy atom. The predicted molar refractivity (Wildman–Crippen MR) is 67.5 cm³/mol. The lowest BCUT2D eigenvalue weighted by Gasteiger charge is -2.24. The summed E-state index contributed by atoms with van der Waals surface area (Å²) in [7, 11) is 3.66. The summed E-state index contributed by atoms with van der Waals surface area (Å²) in [6.45, 7) is 4.37. The van der Waals surface area contributed by atoms with Gasteiger partial charge in [-0.15, -0.1) is 0 Å². The van der Waals surface area contributed by atoms with Crippen molar-refractivity contribution in [1.29, 1.82) is 0 Å². The van der Waals surface area contributed by atoms with E-state index in [4.69, 9.17) is 4.74 Å². The summed E-state index contributed by atoms with van der Waals surface area (Å²) in [5.41, 5.74) is 1.41. The molecule has 0 saturated heterocycles. The van der Waals surface area contributed by atoms with E-state index in [1.165, 1.54) is 5.56 Å². The Balaban J connectivity index is 2.84. The molecule has 0 aliphatic heterocycles. The van der Waals surface area contributed by atoms with E-state index < -0.39 is 0 Å². The Morgan fingerprint density at radius 1 is 1.40 bits per heavy atom. The third-order valence-corrected chi connectivity index (χ3v) is 3.16. The van der Waals surface area contributed by atoms with Crippen molar-refractivity contribution in [3.63, 3.8) is 0 Å². The van der Waals surface area contributed by atoms with E-state index in [0.29, 0.717) is 0 Å². The minimum absolute atomic E-state index is 0.119. The maximum Gasteiger partial charge on any atom is 0.133 e.